The van der Waals surface area contributed by atoms with Gasteiger partial charge < -0.3 is 15.5 Å². The Kier molecular flexibility index (Phi) is 6.05. The molecule has 1 amide bonds. The molecule has 2 aromatic rings. The molecule has 144 valence electrons. The molecular formula is C19H25FN6O. The van der Waals surface area contributed by atoms with E-state index in [1.54, 1.807) is 12.1 Å². The molecule has 1 atom stereocenters. The summed E-state index contributed by atoms with van der Waals surface area (Å²) in [4.78, 5) is 18.8. The molecule has 1 aromatic carbocycles. The highest BCUT2D eigenvalue weighted by Gasteiger charge is 2.27. The van der Waals surface area contributed by atoms with Gasteiger partial charge in [0.25, 0.3) is 0 Å². The molecule has 1 fully saturated rings. The quantitative estimate of drug-likeness (QED) is 0.621. The van der Waals surface area contributed by atoms with Crippen LogP contribution in [0.1, 0.15) is 24.8 Å². The van der Waals surface area contributed by atoms with Crippen molar-refractivity contribution >= 4 is 17.6 Å². The molecule has 3 rings (SSSR count). The summed E-state index contributed by atoms with van der Waals surface area (Å²) in [6, 6.07) is 5.82. The van der Waals surface area contributed by atoms with E-state index in [-0.39, 0.29) is 18.3 Å². The van der Waals surface area contributed by atoms with Crippen molar-refractivity contribution in [1.82, 2.24) is 20.0 Å². The molecule has 2 N–H and O–H groups in total. The van der Waals surface area contributed by atoms with E-state index < -0.39 is 0 Å². The zero-order chi connectivity index (χ0) is 19.2. The summed E-state index contributed by atoms with van der Waals surface area (Å²) >= 11 is 0. The number of carbonyl (C=O) groups is 1. The van der Waals surface area contributed by atoms with E-state index in [9.17, 15) is 9.18 Å². The van der Waals surface area contributed by atoms with Gasteiger partial charge >= 0.3 is 0 Å². The maximum absolute atomic E-state index is 13.2. The predicted octanol–water partition coefficient (Wildman–Crippen LogP) is 1.95. The first kappa shape index (κ1) is 18.9. The fraction of sp³-hybridized carbons (Fsp3) is 0.421. The number of benzene rings is 1. The number of likely N-dealkylation sites (tertiary alicyclic amines) is 1. The van der Waals surface area contributed by atoms with Gasteiger partial charge in [0, 0.05) is 44.5 Å². The Morgan fingerprint density at radius 3 is 3.00 bits per heavy atom. The van der Waals surface area contributed by atoms with Crippen LogP contribution < -0.4 is 10.6 Å². The number of hydrogen-bond donors (Lipinski definition) is 2. The Morgan fingerprint density at radius 2 is 2.30 bits per heavy atom. The molecule has 2 heterocycles. The zero-order valence-corrected chi connectivity index (χ0v) is 15.7. The molecule has 0 bridgehead atoms. The van der Waals surface area contributed by atoms with Crippen LogP contribution in [0.15, 0.2) is 41.7 Å². The lowest BCUT2D eigenvalue weighted by Gasteiger charge is -2.21. The minimum atomic E-state index is -0.386. The summed E-state index contributed by atoms with van der Waals surface area (Å²) in [6.07, 6.45) is 4.97. The molecule has 0 radical (unpaired) electrons. The number of carbonyl (C=O) groups excluding carboxylic acids is 1. The first-order valence-electron chi connectivity index (χ1n) is 9.12. The highest BCUT2D eigenvalue weighted by atomic mass is 19.1. The molecule has 0 spiro atoms. The van der Waals surface area contributed by atoms with Crippen LogP contribution >= 0.6 is 0 Å². The summed E-state index contributed by atoms with van der Waals surface area (Å²) < 4.78 is 15.0. The van der Waals surface area contributed by atoms with Gasteiger partial charge in [-0.15, -0.1) is 0 Å². The number of amides is 1. The largest absolute Gasteiger partial charge is 0.357 e. The van der Waals surface area contributed by atoms with Gasteiger partial charge in [-0.2, -0.15) is 5.10 Å². The normalized spacial score (nSPS) is 17.2. The highest BCUT2D eigenvalue weighted by molar-refractivity contribution is 5.94. The van der Waals surface area contributed by atoms with E-state index in [0.717, 1.165) is 32.0 Å². The maximum atomic E-state index is 13.2. The molecule has 1 aliphatic heterocycles. The van der Waals surface area contributed by atoms with Crippen molar-refractivity contribution in [3.63, 3.8) is 0 Å². The third-order valence-electron chi connectivity index (χ3n) is 4.50. The second-order valence-corrected chi connectivity index (χ2v) is 6.61. The minimum Gasteiger partial charge on any atom is -0.357 e. The number of halogens is 1. The molecular weight excluding hydrogens is 347 g/mol. The second-order valence-electron chi connectivity index (χ2n) is 6.61. The van der Waals surface area contributed by atoms with Crippen molar-refractivity contribution in [2.24, 2.45) is 12.0 Å². The van der Waals surface area contributed by atoms with E-state index in [0.29, 0.717) is 11.6 Å². The number of nitrogens with zero attached hydrogens (tertiary/aromatic N) is 4. The summed E-state index contributed by atoms with van der Waals surface area (Å²) in [6.45, 7) is 4.41. The van der Waals surface area contributed by atoms with Crippen molar-refractivity contribution in [2.45, 2.75) is 19.3 Å². The Labute approximate surface area is 158 Å². The molecule has 1 saturated heterocycles. The van der Waals surface area contributed by atoms with Crippen LogP contribution in [0.2, 0.25) is 0 Å². The van der Waals surface area contributed by atoms with Crippen LogP contribution in [-0.4, -0.2) is 52.7 Å². The lowest BCUT2D eigenvalue weighted by molar-refractivity contribution is -0.114. The van der Waals surface area contributed by atoms with Crippen molar-refractivity contribution in [1.29, 1.82) is 0 Å². The molecule has 8 heteroatoms. The summed E-state index contributed by atoms with van der Waals surface area (Å²) in [5.41, 5.74) is 1.65. The third kappa shape index (κ3) is 5.06. The van der Waals surface area contributed by atoms with Crippen molar-refractivity contribution in [3.8, 4) is 0 Å². The molecule has 27 heavy (non-hydrogen) atoms. The summed E-state index contributed by atoms with van der Waals surface area (Å²) in [5, 5.41) is 10.2. The number of rotatable bonds is 5. The van der Waals surface area contributed by atoms with E-state index >= 15 is 0 Å². The van der Waals surface area contributed by atoms with Gasteiger partial charge in [-0.05, 0) is 37.1 Å². The summed E-state index contributed by atoms with van der Waals surface area (Å²) in [5.74, 6) is 0.462. The number of aryl methyl sites for hydroxylation is 1. The number of aromatic nitrogens is 2. The van der Waals surface area contributed by atoms with Crippen molar-refractivity contribution in [2.75, 3.05) is 31.5 Å². The average molecular weight is 372 g/mol. The van der Waals surface area contributed by atoms with Gasteiger partial charge in [0.1, 0.15) is 12.4 Å². The van der Waals surface area contributed by atoms with E-state index in [4.69, 9.17) is 0 Å². The fourth-order valence-corrected chi connectivity index (χ4v) is 3.21. The first-order valence-corrected chi connectivity index (χ1v) is 9.12. The van der Waals surface area contributed by atoms with Gasteiger partial charge in [-0.1, -0.05) is 6.07 Å². The predicted molar refractivity (Wildman–Crippen MR) is 103 cm³/mol. The monoisotopic (exact) mass is 372 g/mol. The van der Waals surface area contributed by atoms with Crippen LogP contribution in [0.5, 0.6) is 0 Å². The molecule has 7 nitrogen and oxygen atoms in total. The minimum absolute atomic E-state index is 0.0209. The molecule has 0 saturated carbocycles. The Hall–Kier alpha value is -2.90. The number of aliphatic imine (C=N–C) groups is 1. The highest BCUT2D eigenvalue weighted by Crippen LogP contribution is 2.26. The molecule has 1 aliphatic rings. The number of hydrogen-bond acceptors (Lipinski definition) is 3. The SMILES string of the molecule is CCNC(=NCC(=O)Nc1cccc(F)c1)N1CCC(c2cnn(C)c2)C1. The van der Waals surface area contributed by atoms with Crippen LogP contribution in [0, 0.1) is 5.82 Å². The maximum Gasteiger partial charge on any atom is 0.246 e. The fourth-order valence-electron chi connectivity index (χ4n) is 3.21. The van der Waals surface area contributed by atoms with E-state index in [2.05, 4.69) is 25.6 Å². The number of guanidine groups is 1. The van der Waals surface area contributed by atoms with E-state index in [1.807, 2.05) is 31.0 Å². The van der Waals surface area contributed by atoms with Gasteiger partial charge in [-0.25, -0.2) is 9.38 Å². The van der Waals surface area contributed by atoms with Gasteiger partial charge in [0.15, 0.2) is 5.96 Å². The van der Waals surface area contributed by atoms with E-state index in [1.165, 1.54) is 17.7 Å². The smallest absolute Gasteiger partial charge is 0.246 e. The van der Waals surface area contributed by atoms with Crippen LogP contribution in [0.3, 0.4) is 0 Å². The van der Waals surface area contributed by atoms with Crippen LogP contribution in [0.4, 0.5) is 10.1 Å². The Balaban J connectivity index is 1.60. The zero-order valence-electron chi connectivity index (χ0n) is 15.7. The van der Waals surface area contributed by atoms with Gasteiger partial charge in [0.05, 0.1) is 6.20 Å². The third-order valence-corrected chi connectivity index (χ3v) is 4.50. The lowest BCUT2D eigenvalue weighted by Crippen LogP contribution is -2.40. The molecule has 1 aromatic heterocycles. The standard InChI is InChI=1S/C19H25FN6O/c1-3-21-19(22-11-18(27)24-17-6-4-5-16(20)9-17)26-8-7-14(13-26)15-10-23-25(2)12-15/h4-6,9-10,12,14H,3,7-8,11,13H2,1-2H3,(H,21,22)(H,24,27). The summed E-state index contributed by atoms with van der Waals surface area (Å²) in [7, 11) is 1.92. The van der Waals surface area contributed by atoms with Crippen LogP contribution in [0.25, 0.3) is 0 Å². The lowest BCUT2D eigenvalue weighted by atomic mass is 10.0. The second kappa shape index (κ2) is 8.66. The molecule has 0 aliphatic carbocycles. The van der Waals surface area contributed by atoms with Gasteiger partial charge in [-0.3, -0.25) is 9.48 Å². The number of anilines is 1. The Bertz CT molecular complexity index is 818. The van der Waals surface area contributed by atoms with Crippen molar-refractivity contribution < 1.29 is 9.18 Å². The van der Waals surface area contributed by atoms with Crippen LogP contribution in [-0.2, 0) is 11.8 Å². The average Bonchev–Trinajstić information content (AvgIpc) is 3.27. The molecule has 1 unspecified atom stereocenters. The Morgan fingerprint density at radius 1 is 1.44 bits per heavy atom. The van der Waals surface area contributed by atoms with Crippen molar-refractivity contribution in [3.05, 3.63) is 48.0 Å². The first-order chi connectivity index (χ1) is 13.0. The topological polar surface area (TPSA) is 74.6 Å². The van der Waals surface area contributed by atoms with Gasteiger partial charge in [0.2, 0.25) is 5.91 Å². The number of nitrogens with one attached hydrogen (secondary N) is 2.